The molecule has 2 saturated carbocycles. The molecule has 4 heteroatoms. The van der Waals surface area contributed by atoms with Gasteiger partial charge in [0.2, 0.25) is 0 Å². The molecule has 3 aliphatic carbocycles. The molecule has 0 N–H and O–H groups in total. The van der Waals surface area contributed by atoms with E-state index in [4.69, 9.17) is 4.74 Å². The third kappa shape index (κ3) is 2.71. The molecule has 1 amide bonds. The highest BCUT2D eigenvalue weighted by molar-refractivity contribution is 5.73. The van der Waals surface area contributed by atoms with E-state index >= 15 is 0 Å². The second-order valence-electron chi connectivity index (χ2n) is 10.6. The zero-order valence-electron chi connectivity index (χ0n) is 19.0. The predicted molar refractivity (Wildman–Crippen MR) is 119 cm³/mol. The lowest BCUT2D eigenvalue weighted by atomic mass is 9.48. The van der Waals surface area contributed by atoms with E-state index < -0.39 is 0 Å². The van der Waals surface area contributed by atoms with E-state index in [1.165, 1.54) is 43.9 Å². The molecule has 1 aromatic heterocycles. The Bertz CT molecular complexity index is 880. The molecule has 5 rings (SSSR count). The van der Waals surface area contributed by atoms with Crippen LogP contribution in [0.5, 0.6) is 0 Å². The number of pyridine rings is 1. The van der Waals surface area contributed by atoms with Crippen molar-refractivity contribution in [2.75, 3.05) is 13.7 Å². The van der Waals surface area contributed by atoms with Crippen LogP contribution in [0.15, 0.2) is 24.5 Å². The van der Waals surface area contributed by atoms with E-state index in [2.05, 4.69) is 44.1 Å². The van der Waals surface area contributed by atoms with Crippen LogP contribution >= 0.6 is 0 Å². The van der Waals surface area contributed by atoms with Crippen LogP contribution in [0.1, 0.15) is 70.4 Å². The van der Waals surface area contributed by atoms with Crippen LogP contribution in [0.2, 0.25) is 0 Å². The van der Waals surface area contributed by atoms with Gasteiger partial charge in [-0.2, -0.15) is 0 Å². The number of hydrogen-bond acceptors (Lipinski definition) is 3. The Kier molecular flexibility index (Phi) is 4.75. The lowest BCUT2D eigenvalue weighted by Crippen LogP contribution is -2.54. The van der Waals surface area contributed by atoms with Crippen molar-refractivity contribution < 1.29 is 9.53 Å². The van der Waals surface area contributed by atoms with Crippen LogP contribution in [0.4, 0.5) is 4.79 Å². The van der Waals surface area contributed by atoms with Gasteiger partial charge in [-0.05, 0) is 96.3 Å². The van der Waals surface area contributed by atoms with Crippen LogP contribution < -0.4 is 0 Å². The molecule has 4 aliphatic rings. The lowest BCUT2D eigenvalue weighted by molar-refractivity contribution is -0.0608. The molecule has 30 heavy (non-hydrogen) atoms. The van der Waals surface area contributed by atoms with Gasteiger partial charge in [0, 0.05) is 25.0 Å². The highest BCUT2D eigenvalue weighted by atomic mass is 16.5. The SMILES string of the molecule is CCc1cncc(C2=CCC3[C@@H]4CCC5N(C(=O)OC)CC[C@]5(C)C4CC[C@]23C)c1. The normalized spacial score (nSPS) is 39.7. The standard InChI is InChI=1S/C26H36N2O2/c1-5-17-14-18(16-27-15-17)20-7-8-21-19-6-9-23-26(3,12-13-28(23)24(29)30-4)22(19)10-11-25(20,21)2/h7,14-16,19,21-23H,5-6,8-13H2,1-4H3/t19-,21?,22?,23?,25+,26+/m0/s1. The van der Waals surface area contributed by atoms with Gasteiger partial charge in [-0.1, -0.05) is 26.8 Å². The summed E-state index contributed by atoms with van der Waals surface area (Å²) in [6, 6.07) is 2.72. The molecular weight excluding hydrogens is 372 g/mol. The number of methoxy groups -OCH3 is 1. The summed E-state index contributed by atoms with van der Waals surface area (Å²) >= 11 is 0. The quantitative estimate of drug-likeness (QED) is 0.628. The van der Waals surface area contributed by atoms with Gasteiger partial charge in [0.1, 0.15) is 0 Å². The first kappa shape index (κ1) is 20.1. The molecule has 4 nitrogen and oxygen atoms in total. The van der Waals surface area contributed by atoms with E-state index in [9.17, 15) is 4.79 Å². The topological polar surface area (TPSA) is 42.4 Å². The molecule has 6 atom stereocenters. The Balaban J connectivity index is 1.42. The second-order valence-corrected chi connectivity index (χ2v) is 10.6. The molecular formula is C26H36N2O2. The first-order chi connectivity index (χ1) is 14.4. The molecule has 1 aromatic rings. The largest absolute Gasteiger partial charge is 0.453 e. The van der Waals surface area contributed by atoms with Crippen molar-refractivity contribution in [1.82, 2.24) is 9.88 Å². The van der Waals surface area contributed by atoms with Crippen molar-refractivity contribution in [2.24, 2.45) is 28.6 Å². The maximum atomic E-state index is 12.3. The number of rotatable bonds is 2. The van der Waals surface area contributed by atoms with E-state index in [1.54, 1.807) is 5.57 Å². The van der Waals surface area contributed by atoms with Crippen molar-refractivity contribution >= 4 is 11.7 Å². The molecule has 3 fully saturated rings. The Morgan fingerprint density at radius 3 is 2.80 bits per heavy atom. The second kappa shape index (κ2) is 7.10. The number of ether oxygens (including phenoxy) is 1. The van der Waals surface area contributed by atoms with Crippen molar-refractivity contribution in [2.45, 2.75) is 71.8 Å². The number of amides is 1. The molecule has 0 aromatic carbocycles. The van der Waals surface area contributed by atoms with Gasteiger partial charge in [0.15, 0.2) is 0 Å². The number of likely N-dealkylation sites (tertiary alicyclic amines) is 1. The van der Waals surface area contributed by atoms with Crippen LogP contribution in [0.25, 0.3) is 5.57 Å². The van der Waals surface area contributed by atoms with Gasteiger partial charge in [-0.15, -0.1) is 0 Å². The number of carbonyl (C=O) groups is 1. The fourth-order valence-corrected chi connectivity index (χ4v) is 8.00. The summed E-state index contributed by atoms with van der Waals surface area (Å²) in [5, 5.41) is 0. The average molecular weight is 409 g/mol. The fraction of sp³-hybridized carbons (Fsp3) is 0.692. The smallest absolute Gasteiger partial charge is 0.409 e. The maximum Gasteiger partial charge on any atom is 0.409 e. The van der Waals surface area contributed by atoms with Crippen molar-refractivity contribution in [3.05, 3.63) is 35.7 Å². The van der Waals surface area contributed by atoms with Gasteiger partial charge in [0.25, 0.3) is 0 Å². The summed E-state index contributed by atoms with van der Waals surface area (Å²) in [5.74, 6) is 2.21. The molecule has 1 aliphatic heterocycles. The van der Waals surface area contributed by atoms with Gasteiger partial charge in [-0.25, -0.2) is 4.79 Å². The Hall–Kier alpha value is -1.84. The third-order valence-electron chi connectivity index (χ3n) is 9.59. The minimum absolute atomic E-state index is 0.129. The van der Waals surface area contributed by atoms with Crippen LogP contribution in [-0.2, 0) is 11.2 Å². The van der Waals surface area contributed by atoms with E-state index in [0.717, 1.165) is 43.6 Å². The molecule has 162 valence electrons. The van der Waals surface area contributed by atoms with Gasteiger partial charge in [-0.3, -0.25) is 4.98 Å². The number of nitrogens with zero attached hydrogens (tertiary/aromatic N) is 2. The Labute approximate surface area is 181 Å². The molecule has 1 saturated heterocycles. The lowest BCUT2D eigenvalue weighted by Gasteiger charge is -2.57. The van der Waals surface area contributed by atoms with E-state index in [1.807, 2.05) is 11.1 Å². The zero-order valence-corrected chi connectivity index (χ0v) is 19.0. The first-order valence-electron chi connectivity index (χ1n) is 11.9. The van der Waals surface area contributed by atoms with Crippen molar-refractivity contribution in [3.8, 4) is 0 Å². The summed E-state index contributed by atoms with van der Waals surface area (Å²) in [6.45, 7) is 8.06. The monoisotopic (exact) mass is 408 g/mol. The minimum Gasteiger partial charge on any atom is -0.453 e. The summed E-state index contributed by atoms with van der Waals surface area (Å²) in [5.41, 5.74) is 4.72. The average Bonchev–Trinajstić information content (AvgIpc) is 3.30. The molecule has 0 bridgehead atoms. The highest BCUT2D eigenvalue weighted by Crippen LogP contribution is 2.66. The first-order valence-corrected chi connectivity index (χ1v) is 11.9. The summed E-state index contributed by atoms with van der Waals surface area (Å²) < 4.78 is 5.10. The molecule has 0 spiro atoms. The van der Waals surface area contributed by atoms with E-state index in [0.29, 0.717) is 6.04 Å². The zero-order chi connectivity index (χ0) is 21.1. The maximum absolute atomic E-state index is 12.3. The summed E-state index contributed by atoms with van der Waals surface area (Å²) in [7, 11) is 1.52. The highest BCUT2D eigenvalue weighted by Gasteiger charge is 2.61. The number of carbonyl (C=O) groups excluding carboxylic acids is 1. The van der Waals surface area contributed by atoms with E-state index in [-0.39, 0.29) is 16.9 Å². The van der Waals surface area contributed by atoms with Crippen LogP contribution in [0.3, 0.4) is 0 Å². The molecule has 0 radical (unpaired) electrons. The summed E-state index contributed by atoms with van der Waals surface area (Å²) in [6.07, 6.45) is 14.7. The number of allylic oxidation sites excluding steroid dienone is 2. The third-order valence-corrected chi connectivity index (χ3v) is 9.59. The number of aryl methyl sites for hydroxylation is 1. The minimum atomic E-state index is -0.129. The number of aromatic nitrogens is 1. The van der Waals surface area contributed by atoms with Crippen molar-refractivity contribution in [1.29, 1.82) is 0 Å². The predicted octanol–water partition coefficient (Wildman–Crippen LogP) is 5.72. The number of hydrogen-bond donors (Lipinski definition) is 0. The summed E-state index contributed by atoms with van der Waals surface area (Å²) in [4.78, 5) is 18.9. The fourth-order valence-electron chi connectivity index (χ4n) is 8.00. The van der Waals surface area contributed by atoms with Crippen molar-refractivity contribution in [3.63, 3.8) is 0 Å². The Morgan fingerprint density at radius 2 is 2.03 bits per heavy atom. The Morgan fingerprint density at radius 1 is 1.20 bits per heavy atom. The number of fused-ring (bicyclic) bond motifs is 5. The van der Waals surface area contributed by atoms with Crippen LogP contribution in [0, 0.1) is 28.6 Å². The molecule has 3 unspecified atom stereocenters. The van der Waals surface area contributed by atoms with Crippen LogP contribution in [-0.4, -0.2) is 35.7 Å². The van der Waals surface area contributed by atoms with Gasteiger partial charge < -0.3 is 9.64 Å². The van der Waals surface area contributed by atoms with Gasteiger partial charge in [0.05, 0.1) is 7.11 Å². The van der Waals surface area contributed by atoms with Gasteiger partial charge >= 0.3 is 6.09 Å². The molecule has 2 heterocycles.